The highest BCUT2D eigenvalue weighted by Crippen LogP contribution is 2.23. The summed E-state index contributed by atoms with van der Waals surface area (Å²) < 4.78 is 0. The van der Waals surface area contributed by atoms with E-state index in [-0.39, 0.29) is 27.9 Å². The van der Waals surface area contributed by atoms with Crippen LogP contribution in [0, 0.1) is 10.1 Å². The zero-order valence-corrected chi connectivity index (χ0v) is 12.6. The number of halogens is 1. The molecular weight excluding hydrogens is 324 g/mol. The molecular formula is C14H11ClN4O4. The summed E-state index contributed by atoms with van der Waals surface area (Å²) in [6.07, 6.45) is 1.30. The Morgan fingerprint density at radius 2 is 1.96 bits per heavy atom. The molecule has 1 heterocycles. The number of hydrogen-bond acceptors (Lipinski definition) is 5. The first kappa shape index (κ1) is 16.4. The van der Waals surface area contributed by atoms with Crippen LogP contribution in [0.2, 0.25) is 5.02 Å². The lowest BCUT2D eigenvalue weighted by Crippen LogP contribution is -2.19. The Morgan fingerprint density at radius 3 is 2.52 bits per heavy atom. The summed E-state index contributed by atoms with van der Waals surface area (Å²) in [7, 11) is 1.48. The average molecular weight is 335 g/mol. The highest BCUT2D eigenvalue weighted by molar-refractivity contribution is 6.34. The second kappa shape index (κ2) is 6.84. The van der Waals surface area contributed by atoms with Crippen molar-refractivity contribution in [1.29, 1.82) is 0 Å². The summed E-state index contributed by atoms with van der Waals surface area (Å²) in [5.41, 5.74) is 0.244. The van der Waals surface area contributed by atoms with Gasteiger partial charge in [0, 0.05) is 19.2 Å². The van der Waals surface area contributed by atoms with E-state index in [1.807, 2.05) is 0 Å². The highest BCUT2D eigenvalue weighted by Gasteiger charge is 2.16. The molecule has 0 saturated heterocycles. The van der Waals surface area contributed by atoms with E-state index in [4.69, 9.17) is 11.6 Å². The maximum absolute atomic E-state index is 12.2. The molecule has 0 aliphatic heterocycles. The molecule has 23 heavy (non-hydrogen) atoms. The van der Waals surface area contributed by atoms with E-state index in [0.29, 0.717) is 5.69 Å². The van der Waals surface area contributed by atoms with Crippen molar-refractivity contribution in [3.05, 3.63) is 62.9 Å². The van der Waals surface area contributed by atoms with Crippen LogP contribution in [0.15, 0.2) is 36.5 Å². The van der Waals surface area contributed by atoms with Crippen molar-refractivity contribution in [1.82, 2.24) is 10.3 Å². The van der Waals surface area contributed by atoms with Crippen LogP contribution in [0.25, 0.3) is 0 Å². The third-order valence-corrected chi connectivity index (χ3v) is 3.22. The van der Waals surface area contributed by atoms with E-state index in [0.717, 1.165) is 6.07 Å². The average Bonchev–Trinajstić information content (AvgIpc) is 2.54. The Labute approximate surface area is 135 Å². The molecule has 0 unspecified atom stereocenters. The van der Waals surface area contributed by atoms with Gasteiger partial charge in [-0.1, -0.05) is 11.6 Å². The molecule has 8 nitrogen and oxygen atoms in total. The van der Waals surface area contributed by atoms with Crippen LogP contribution in [-0.2, 0) is 0 Å². The fraction of sp³-hybridized carbons (Fsp3) is 0.0714. The topological polar surface area (TPSA) is 114 Å². The molecule has 0 fully saturated rings. The number of non-ortho nitro benzene ring substituents is 1. The molecule has 0 atom stereocenters. The molecule has 1 aromatic carbocycles. The van der Waals surface area contributed by atoms with E-state index >= 15 is 0 Å². The van der Waals surface area contributed by atoms with Gasteiger partial charge >= 0.3 is 0 Å². The Morgan fingerprint density at radius 1 is 1.22 bits per heavy atom. The molecule has 0 spiro atoms. The number of anilines is 1. The van der Waals surface area contributed by atoms with E-state index in [1.165, 1.54) is 37.5 Å². The fourth-order valence-corrected chi connectivity index (χ4v) is 1.93. The van der Waals surface area contributed by atoms with Gasteiger partial charge in [-0.25, -0.2) is 4.98 Å². The van der Waals surface area contributed by atoms with Crippen LogP contribution < -0.4 is 10.6 Å². The molecule has 2 N–H and O–H groups in total. The maximum Gasteiger partial charge on any atom is 0.270 e. The van der Waals surface area contributed by atoms with Gasteiger partial charge < -0.3 is 10.6 Å². The third-order valence-electron chi connectivity index (χ3n) is 2.89. The summed E-state index contributed by atoms with van der Waals surface area (Å²) in [6.45, 7) is 0. The van der Waals surface area contributed by atoms with Crippen molar-refractivity contribution in [3.63, 3.8) is 0 Å². The third kappa shape index (κ3) is 3.80. The van der Waals surface area contributed by atoms with Gasteiger partial charge in [-0.2, -0.15) is 0 Å². The van der Waals surface area contributed by atoms with E-state index < -0.39 is 10.8 Å². The molecule has 1 aromatic heterocycles. The number of nitro groups is 1. The van der Waals surface area contributed by atoms with Crippen molar-refractivity contribution in [2.45, 2.75) is 0 Å². The van der Waals surface area contributed by atoms with Crippen molar-refractivity contribution in [2.24, 2.45) is 0 Å². The normalized spacial score (nSPS) is 10.0. The van der Waals surface area contributed by atoms with Gasteiger partial charge in [0.1, 0.15) is 5.69 Å². The van der Waals surface area contributed by atoms with E-state index in [9.17, 15) is 19.7 Å². The molecule has 2 rings (SSSR count). The van der Waals surface area contributed by atoms with Gasteiger partial charge in [0.15, 0.2) is 0 Å². The van der Waals surface area contributed by atoms with E-state index in [2.05, 4.69) is 15.6 Å². The van der Waals surface area contributed by atoms with Gasteiger partial charge in [-0.3, -0.25) is 19.7 Å². The number of carbonyl (C=O) groups excluding carboxylic acids is 2. The summed E-state index contributed by atoms with van der Waals surface area (Å²) >= 11 is 5.90. The van der Waals surface area contributed by atoms with Crippen LogP contribution in [0.5, 0.6) is 0 Å². The van der Waals surface area contributed by atoms with Gasteiger partial charge in [0.2, 0.25) is 0 Å². The molecule has 118 valence electrons. The van der Waals surface area contributed by atoms with Crippen LogP contribution in [0.4, 0.5) is 11.4 Å². The van der Waals surface area contributed by atoms with Crippen LogP contribution in [0.1, 0.15) is 20.8 Å². The first-order valence-corrected chi connectivity index (χ1v) is 6.73. The minimum Gasteiger partial charge on any atom is -0.354 e. The molecule has 2 aromatic rings. The number of pyridine rings is 1. The van der Waals surface area contributed by atoms with Gasteiger partial charge in [0.25, 0.3) is 17.5 Å². The Hall–Kier alpha value is -3.00. The number of rotatable bonds is 4. The number of hydrogen-bond donors (Lipinski definition) is 2. The zero-order valence-electron chi connectivity index (χ0n) is 11.9. The fourth-order valence-electron chi connectivity index (χ4n) is 1.73. The minimum atomic E-state index is -0.618. The van der Waals surface area contributed by atoms with Crippen molar-refractivity contribution >= 4 is 34.8 Å². The zero-order chi connectivity index (χ0) is 17.0. The van der Waals surface area contributed by atoms with Crippen LogP contribution >= 0.6 is 11.6 Å². The van der Waals surface area contributed by atoms with Crippen LogP contribution in [0.3, 0.4) is 0 Å². The Bertz CT molecular complexity index is 777. The molecule has 0 bridgehead atoms. The summed E-state index contributed by atoms with van der Waals surface area (Å²) in [4.78, 5) is 37.6. The lowest BCUT2D eigenvalue weighted by Gasteiger charge is -2.07. The number of nitrogens with zero attached hydrogens (tertiary/aromatic N) is 2. The predicted octanol–water partition coefficient (Wildman–Crippen LogP) is 2.26. The first-order chi connectivity index (χ1) is 10.9. The van der Waals surface area contributed by atoms with Crippen LogP contribution in [-0.4, -0.2) is 28.8 Å². The number of nitrogens with one attached hydrogen (secondary N) is 2. The second-order valence-corrected chi connectivity index (χ2v) is 4.79. The predicted molar refractivity (Wildman–Crippen MR) is 83.7 cm³/mol. The second-order valence-electron chi connectivity index (χ2n) is 4.39. The maximum atomic E-state index is 12.2. The first-order valence-electron chi connectivity index (χ1n) is 6.36. The summed E-state index contributed by atoms with van der Waals surface area (Å²) in [5, 5.41) is 15.8. The lowest BCUT2D eigenvalue weighted by atomic mass is 10.2. The Kier molecular flexibility index (Phi) is 4.87. The van der Waals surface area contributed by atoms with E-state index in [1.54, 1.807) is 0 Å². The molecule has 9 heteroatoms. The standard InChI is InChI=1S/C14H11ClN4O4/c1-16-14(21)12-5-2-8(7-17-12)18-13(20)10-6-9(19(22)23)3-4-11(10)15/h2-7H,1H3,(H,16,21)(H,18,20). The number of carbonyl (C=O) groups is 2. The smallest absolute Gasteiger partial charge is 0.270 e. The number of amides is 2. The monoisotopic (exact) mass is 334 g/mol. The quantitative estimate of drug-likeness (QED) is 0.657. The summed E-state index contributed by atoms with van der Waals surface area (Å²) in [6, 6.07) is 6.49. The van der Waals surface area contributed by atoms with Crippen molar-refractivity contribution in [3.8, 4) is 0 Å². The highest BCUT2D eigenvalue weighted by atomic mass is 35.5. The minimum absolute atomic E-state index is 0.0313. The number of nitro benzene ring substituents is 1. The molecule has 0 radical (unpaired) electrons. The lowest BCUT2D eigenvalue weighted by molar-refractivity contribution is -0.384. The molecule has 0 saturated carbocycles. The molecule has 0 aliphatic rings. The van der Waals surface area contributed by atoms with Gasteiger partial charge in [0.05, 0.1) is 27.4 Å². The summed E-state index contributed by atoms with van der Waals surface area (Å²) in [5.74, 6) is -0.974. The largest absolute Gasteiger partial charge is 0.354 e. The Balaban J connectivity index is 2.20. The number of benzene rings is 1. The van der Waals surface area contributed by atoms with Gasteiger partial charge in [-0.15, -0.1) is 0 Å². The van der Waals surface area contributed by atoms with Crippen molar-refractivity contribution in [2.75, 3.05) is 12.4 Å². The van der Waals surface area contributed by atoms with Gasteiger partial charge in [-0.05, 0) is 18.2 Å². The molecule has 0 aliphatic carbocycles. The van der Waals surface area contributed by atoms with Crippen molar-refractivity contribution < 1.29 is 14.5 Å². The molecule has 2 amide bonds. The SMILES string of the molecule is CNC(=O)c1ccc(NC(=O)c2cc([N+](=O)[O-])ccc2Cl)cn1. The number of aromatic nitrogens is 1.